The van der Waals surface area contributed by atoms with Crippen LogP contribution in [0.3, 0.4) is 0 Å². The Bertz CT molecular complexity index is 648. The molecule has 0 fully saturated rings. The number of rotatable bonds is 10. The monoisotopic (exact) mass is 355 g/mol. The second-order valence-corrected chi connectivity index (χ2v) is 7.59. The SMILES string of the molecule is C=CC(=O)NCCS(=O)(=O)OS(=O)(=O)CCOC(=O)C(=C)C. The van der Waals surface area contributed by atoms with Crippen LogP contribution in [0.25, 0.3) is 0 Å². The molecule has 0 saturated heterocycles. The van der Waals surface area contributed by atoms with Gasteiger partial charge in [-0.05, 0) is 13.0 Å². The molecular formula is C11H17NO8S2. The molecule has 0 aromatic rings. The highest BCUT2D eigenvalue weighted by atomic mass is 32.3. The Balaban J connectivity index is 4.38. The molecule has 0 bridgehead atoms. The van der Waals surface area contributed by atoms with Crippen molar-refractivity contribution in [3.63, 3.8) is 0 Å². The van der Waals surface area contributed by atoms with E-state index < -0.39 is 50.2 Å². The molecule has 22 heavy (non-hydrogen) atoms. The molecule has 0 heterocycles. The third-order valence-corrected chi connectivity index (χ3v) is 4.99. The van der Waals surface area contributed by atoms with Gasteiger partial charge >= 0.3 is 5.97 Å². The van der Waals surface area contributed by atoms with Crippen molar-refractivity contribution < 1.29 is 34.8 Å². The molecule has 11 heteroatoms. The van der Waals surface area contributed by atoms with E-state index in [9.17, 15) is 26.4 Å². The van der Waals surface area contributed by atoms with E-state index in [-0.39, 0.29) is 12.1 Å². The fourth-order valence-electron chi connectivity index (χ4n) is 0.957. The Hall–Kier alpha value is -1.72. The molecule has 126 valence electrons. The highest BCUT2D eigenvalue weighted by Crippen LogP contribution is 2.03. The Labute approximate surface area is 129 Å². The largest absolute Gasteiger partial charge is 0.461 e. The highest BCUT2D eigenvalue weighted by molar-refractivity contribution is 7.99. The molecule has 0 radical (unpaired) electrons. The van der Waals surface area contributed by atoms with Crippen LogP contribution in [0.1, 0.15) is 6.92 Å². The predicted molar refractivity (Wildman–Crippen MR) is 77.6 cm³/mol. The van der Waals surface area contributed by atoms with Gasteiger partial charge in [0.05, 0.1) is 5.75 Å². The lowest BCUT2D eigenvalue weighted by Gasteiger charge is -2.07. The van der Waals surface area contributed by atoms with Crippen LogP contribution in [-0.4, -0.2) is 53.4 Å². The van der Waals surface area contributed by atoms with Gasteiger partial charge in [0.25, 0.3) is 20.2 Å². The van der Waals surface area contributed by atoms with Crippen molar-refractivity contribution >= 4 is 32.1 Å². The summed E-state index contributed by atoms with van der Waals surface area (Å²) in [5, 5.41) is 2.15. The first-order valence-corrected chi connectivity index (χ1v) is 9.04. The van der Waals surface area contributed by atoms with Crippen LogP contribution in [0.15, 0.2) is 24.8 Å². The van der Waals surface area contributed by atoms with Gasteiger partial charge in [-0.1, -0.05) is 13.2 Å². The van der Waals surface area contributed by atoms with E-state index >= 15 is 0 Å². The minimum absolute atomic E-state index is 0.0731. The number of ether oxygens (including phenoxy) is 1. The highest BCUT2D eigenvalue weighted by Gasteiger charge is 2.23. The Kier molecular flexibility index (Phi) is 7.98. The Morgan fingerprint density at radius 1 is 1.14 bits per heavy atom. The number of nitrogens with one attached hydrogen (secondary N) is 1. The van der Waals surface area contributed by atoms with Gasteiger partial charge in [-0.2, -0.15) is 16.8 Å². The quantitative estimate of drug-likeness (QED) is 0.393. The maximum Gasteiger partial charge on any atom is 0.333 e. The maximum atomic E-state index is 11.4. The summed E-state index contributed by atoms with van der Waals surface area (Å²) in [6, 6.07) is 0. The van der Waals surface area contributed by atoms with Crippen LogP contribution < -0.4 is 5.32 Å². The molecule has 0 aliphatic heterocycles. The van der Waals surface area contributed by atoms with Crippen molar-refractivity contribution in [3.8, 4) is 0 Å². The van der Waals surface area contributed by atoms with Crippen molar-refractivity contribution in [2.24, 2.45) is 0 Å². The van der Waals surface area contributed by atoms with Crippen molar-refractivity contribution in [1.82, 2.24) is 5.32 Å². The van der Waals surface area contributed by atoms with Gasteiger partial charge in [-0.3, -0.25) is 4.79 Å². The number of carbonyl (C=O) groups is 2. The van der Waals surface area contributed by atoms with Crippen LogP contribution in [0.5, 0.6) is 0 Å². The molecule has 0 saturated carbocycles. The van der Waals surface area contributed by atoms with Crippen molar-refractivity contribution in [3.05, 3.63) is 24.8 Å². The average molecular weight is 355 g/mol. The lowest BCUT2D eigenvalue weighted by atomic mass is 10.4. The van der Waals surface area contributed by atoms with Gasteiger partial charge < -0.3 is 10.1 Å². The van der Waals surface area contributed by atoms with Crippen molar-refractivity contribution in [2.45, 2.75) is 6.92 Å². The van der Waals surface area contributed by atoms with E-state index in [1.807, 2.05) is 0 Å². The van der Waals surface area contributed by atoms with Crippen molar-refractivity contribution in [2.75, 3.05) is 24.7 Å². The standard InChI is InChI=1S/C11H17NO8S2/c1-4-10(13)12-5-7-21(15,16)20-22(17,18)8-6-19-11(14)9(2)3/h4H,1-2,5-8H2,3H3,(H,12,13). The summed E-state index contributed by atoms with van der Waals surface area (Å²) in [5.74, 6) is -2.98. The van der Waals surface area contributed by atoms with Gasteiger partial charge in [0.15, 0.2) is 0 Å². The van der Waals surface area contributed by atoms with E-state index in [4.69, 9.17) is 0 Å². The van der Waals surface area contributed by atoms with Gasteiger partial charge in [0, 0.05) is 12.1 Å². The number of carbonyl (C=O) groups excluding carboxylic acids is 2. The number of esters is 1. The number of hydrogen-bond acceptors (Lipinski definition) is 8. The lowest BCUT2D eigenvalue weighted by molar-refractivity contribution is -0.138. The first-order chi connectivity index (χ1) is 9.99. The van der Waals surface area contributed by atoms with Crippen LogP contribution in [0.2, 0.25) is 0 Å². The minimum atomic E-state index is -4.44. The molecule has 0 aromatic heterocycles. The molecular weight excluding hydrogens is 338 g/mol. The van der Waals surface area contributed by atoms with Crippen molar-refractivity contribution in [1.29, 1.82) is 0 Å². The van der Waals surface area contributed by atoms with Gasteiger partial charge in [0.2, 0.25) is 5.91 Å². The van der Waals surface area contributed by atoms with E-state index in [0.29, 0.717) is 0 Å². The molecule has 0 aliphatic rings. The van der Waals surface area contributed by atoms with Gasteiger partial charge in [-0.25, -0.2) is 4.79 Å². The molecule has 1 N–H and O–H groups in total. The van der Waals surface area contributed by atoms with Crippen LogP contribution in [0, 0.1) is 0 Å². The molecule has 9 nitrogen and oxygen atoms in total. The first-order valence-electron chi connectivity index (χ1n) is 5.88. The zero-order valence-electron chi connectivity index (χ0n) is 11.9. The summed E-state index contributed by atoms with van der Waals surface area (Å²) < 4.78 is 54.3. The molecule has 0 rings (SSSR count). The third kappa shape index (κ3) is 9.26. The van der Waals surface area contributed by atoms with Crippen LogP contribution in [0.4, 0.5) is 0 Å². The fraction of sp³-hybridized carbons (Fsp3) is 0.455. The Morgan fingerprint density at radius 3 is 2.18 bits per heavy atom. The Morgan fingerprint density at radius 2 is 1.68 bits per heavy atom. The average Bonchev–Trinajstić information content (AvgIpc) is 2.36. The third-order valence-electron chi connectivity index (χ3n) is 1.96. The predicted octanol–water partition coefficient (Wildman–Crippen LogP) is -0.916. The molecule has 0 aliphatic carbocycles. The summed E-state index contributed by atoms with van der Waals surface area (Å²) in [6.07, 6.45) is 0.931. The number of hydrogen-bond donors (Lipinski definition) is 1. The van der Waals surface area contributed by atoms with Crippen LogP contribution >= 0.6 is 0 Å². The summed E-state index contributed by atoms with van der Waals surface area (Å²) >= 11 is 0. The summed E-state index contributed by atoms with van der Waals surface area (Å²) in [4.78, 5) is 21.8. The maximum absolute atomic E-state index is 11.4. The topological polar surface area (TPSA) is 133 Å². The smallest absolute Gasteiger partial charge is 0.333 e. The van der Waals surface area contributed by atoms with Gasteiger partial charge in [0.1, 0.15) is 12.4 Å². The van der Waals surface area contributed by atoms with E-state index in [2.05, 4.69) is 26.8 Å². The zero-order chi connectivity index (χ0) is 17.4. The molecule has 0 atom stereocenters. The molecule has 1 amide bonds. The van der Waals surface area contributed by atoms with E-state index in [1.165, 1.54) is 6.92 Å². The van der Waals surface area contributed by atoms with Crippen LogP contribution in [-0.2, 0) is 38.2 Å². The molecule has 0 aromatic carbocycles. The van der Waals surface area contributed by atoms with E-state index in [0.717, 1.165) is 6.08 Å². The number of amides is 1. The van der Waals surface area contributed by atoms with E-state index in [1.54, 1.807) is 0 Å². The second-order valence-electron chi connectivity index (χ2n) is 4.00. The fourth-order valence-corrected chi connectivity index (χ4v) is 3.40. The minimum Gasteiger partial charge on any atom is -0.461 e. The first kappa shape index (κ1) is 20.3. The summed E-state index contributed by atoms with van der Waals surface area (Å²) in [6.45, 7) is 6.91. The summed E-state index contributed by atoms with van der Waals surface area (Å²) in [5.41, 5.74) is 0.0731. The zero-order valence-corrected chi connectivity index (χ0v) is 13.5. The molecule has 0 spiro atoms. The second kappa shape index (κ2) is 8.66. The summed E-state index contributed by atoms with van der Waals surface area (Å²) in [7, 11) is -8.85. The molecule has 0 unspecified atom stereocenters. The van der Waals surface area contributed by atoms with Gasteiger partial charge in [-0.15, -0.1) is 3.63 Å². The normalized spacial score (nSPS) is 11.5. The lowest BCUT2D eigenvalue weighted by Crippen LogP contribution is -2.30.